The predicted molar refractivity (Wildman–Crippen MR) is 60.3 cm³/mol. The smallest absolute Gasteiger partial charge is 0.192 e. The van der Waals surface area contributed by atoms with Gasteiger partial charge in [-0.05, 0) is 19.1 Å². The van der Waals surface area contributed by atoms with Gasteiger partial charge in [-0.15, -0.1) is 11.6 Å². The Morgan fingerprint density at radius 2 is 2.07 bits per heavy atom. The molecule has 0 amide bonds. The van der Waals surface area contributed by atoms with Gasteiger partial charge in [-0.3, -0.25) is 0 Å². The quantitative estimate of drug-likeness (QED) is 0.747. The van der Waals surface area contributed by atoms with Crippen LogP contribution < -0.4 is 0 Å². The van der Waals surface area contributed by atoms with E-state index < -0.39 is 5.79 Å². The maximum Gasteiger partial charge on any atom is 0.192 e. The van der Waals surface area contributed by atoms with Crippen molar-refractivity contribution in [2.45, 2.75) is 18.8 Å². The Kier molecular flexibility index (Phi) is 3.21. The summed E-state index contributed by atoms with van der Waals surface area (Å²) in [6.07, 6.45) is -0.0349. The van der Waals surface area contributed by atoms with Gasteiger partial charge in [0.1, 0.15) is 0 Å². The maximum atomic E-state index is 5.82. The van der Waals surface area contributed by atoms with Crippen molar-refractivity contribution in [1.82, 2.24) is 0 Å². The first-order valence-corrected chi connectivity index (χ1v) is 5.69. The van der Waals surface area contributed by atoms with Crippen LogP contribution in [0.4, 0.5) is 0 Å². The third-order valence-corrected chi connectivity index (χ3v) is 3.07. The van der Waals surface area contributed by atoms with Gasteiger partial charge in [-0.1, -0.05) is 23.7 Å². The number of rotatable bonds is 2. The van der Waals surface area contributed by atoms with E-state index in [4.69, 9.17) is 32.7 Å². The van der Waals surface area contributed by atoms with Gasteiger partial charge in [-0.25, -0.2) is 0 Å². The minimum absolute atomic E-state index is 0.0349. The van der Waals surface area contributed by atoms with Crippen molar-refractivity contribution in [1.29, 1.82) is 0 Å². The molecule has 1 aliphatic heterocycles. The number of halogens is 2. The minimum atomic E-state index is -0.690. The first-order valence-electron chi connectivity index (χ1n) is 4.78. The molecule has 0 aromatic heterocycles. The lowest BCUT2D eigenvalue weighted by atomic mass is 10.1. The summed E-state index contributed by atoms with van der Waals surface area (Å²) in [5.41, 5.74) is 0.958. The van der Waals surface area contributed by atoms with Crippen molar-refractivity contribution < 1.29 is 9.47 Å². The van der Waals surface area contributed by atoms with Gasteiger partial charge in [-0.2, -0.15) is 0 Å². The van der Waals surface area contributed by atoms with E-state index in [-0.39, 0.29) is 6.10 Å². The third kappa shape index (κ3) is 2.28. The van der Waals surface area contributed by atoms with Crippen LogP contribution in [0.1, 0.15) is 12.5 Å². The van der Waals surface area contributed by atoms with E-state index >= 15 is 0 Å². The highest BCUT2D eigenvalue weighted by atomic mass is 35.5. The van der Waals surface area contributed by atoms with Crippen molar-refractivity contribution in [3.05, 3.63) is 34.9 Å². The molecule has 15 heavy (non-hydrogen) atoms. The molecule has 0 radical (unpaired) electrons. The second kappa shape index (κ2) is 4.30. The largest absolute Gasteiger partial charge is 0.343 e. The average Bonchev–Trinajstić information content (AvgIpc) is 2.62. The second-order valence-electron chi connectivity index (χ2n) is 3.66. The lowest BCUT2D eigenvalue weighted by Gasteiger charge is -2.23. The lowest BCUT2D eigenvalue weighted by molar-refractivity contribution is -0.159. The summed E-state index contributed by atoms with van der Waals surface area (Å²) in [5, 5.41) is 0.703. The molecule has 0 spiro atoms. The summed E-state index contributed by atoms with van der Waals surface area (Å²) in [6.45, 7) is 2.42. The van der Waals surface area contributed by atoms with Crippen molar-refractivity contribution in [2.24, 2.45) is 0 Å². The van der Waals surface area contributed by atoms with Crippen LogP contribution in [0.15, 0.2) is 24.3 Å². The normalized spacial score (nSPS) is 30.7. The van der Waals surface area contributed by atoms with Crippen molar-refractivity contribution in [2.75, 3.05) is 12.5 Å². The van der Waals surface area contributed by atoms with E-state index in [1.54, 1.807) is 0 Å². The van der Waals surface area contributed by atoms with Gasteiger partial charge < -0.3 is 9.47 Å². The van der Waals surface area contributed by atoms with Crippen molar-refractivity contribution in [3.63, 3.8) is 0 Å². The number of ether oxygens (including phenoxy) is 2. The molecule has 1 fully saturated rings. The summed E-state index contributed by atoms with van der Waals surface area (Å²) >= 11 is 11.5. The van der Waals surface area contributed by atoms with Gasteiger partial charge in [0.05, 0.1) is 18.6 Å². The Balaban J connectivity index is 2.20. The third-order valence-electron chi connectivity index (χ3n) is 2.48. The van der Waals surface area contributed by atoms with Gasteiger partial charge in [0, 0.05) is 10.6 Å². The van der Waals surface area contributed by atoms with E-state index in [1.165, 1.54) is 0 Å². The first kappa shape index (κ1) is 11.2. The van der Waals surface area contributed by atoms with E-state index in [9.17, 15) is 0 Å². The maximum absolute atomic E-state index is 5.82. The highest BCUT2D eigenvalue weighted by molar-refractivity contribution is 6.30. The van der Waals surface area contributed by atoms with Crippen LogP contribution >= 0.6 is 23.2 Å². The molecule has 0 bridgehead atoms. The van der Waals surface area contributed by atoms with E-state index in [2.05, 4.69) is 0 Å². The predicted octanol–water partition coefficient (Wildman–Crippen LogP) is 3.17. The molecule has 1 heterocycles. The van der Waals surface area contributed by atoms with Crippen LogP contribution in [0.25, 0.3) is 0 Å². The zero-order valence-corrected chi connectivity index (χ0v) is 9.89. The Bertz CT molecular complexity index is 339. The van der Waals surface area contributed by atoms with Crippen LogP contribution in [0.3, 0.4) is 0 Å². The molecule has 2 rings (SSSR count). The Morgan fingerprint density at radius 3 is 2.60 bits per heavy atom. The molecule has 82 valence electrons. The summed E-state index contributed by atoms with van der Waals surface area (Å²) in [6, 6.07) is 7.45. The minimum Gasteiger partial charge on any atom is -0.343 e. The summed E-state index contributed by atoms with van der Waals surface area (Å²) in [7, 11) is 0. The van der Waals surface area contributed by atoms with Crippen LogP contribution in [-0.2, 0) is 15.3 Å². The summed E-state index contributed by atoms with van der Waals surface area (Å²) in [5.74, 6) is -0.243. The summed E-state index contributed by atoms with van der Waals surface area (Å²) in [4.78, 5) is 0. The molecule has 0 saturated carbocycles. The van der Waals surface area contributed by atoms with Crippen LogP contribution in [0, 0.1) is 0 Å². The van der Waals surface area contributed by atoms with E-state index in [0.717, 1.165) is 5.56 Å². The zero-order chi connectivity index (χ0) is 10.9. The van der Waals surface area contributed by atoms with Crippen LogP contribution in [-0.4, -0.2) is 18.6 Å². The molecule has 4 heteroatoms. The fourth-order valence-corrected chi connectivity index (χ4v) is 1.90. The SMILES string of the molecule is C[C@]1(c2ccc(Cl)cc2)OC[C@@H](CCl)O1. The topological polar surface area (TPSA) is 18.5 Å². The number of hydrogen-bond donors (Lipinski definition) is 0. The monoisotopic (exact) mass is 246 g/mol. The second-order valence-corrected chi connectivity index (χ2v) is 4.40. The van der Waals surface area contributed by atoms with Gasteiger partial charge in [0.2, 0.25) is 0 Å². The molecule has 1 aliphatic rings. The van der Waals surface area contributed by atoms with Gasteiger partial charge >= 0.3 is 0 Å². The lowest BCUT2D eigenvalue weighted by Crippen LogP contribution is -2.24. The fourth-order valence-electron chi connectivity index (χ4n) is 1.62. The molecule has 0 unspecified atom stereocenters. The highest BCUT2D eigenvalue weighted by Crippen LogP contribution is 2.34. The number of alkyl halides is 1. The molecule has 0 N–H and O–H groups in total. The molecule has 0 aliphatic carbocycles. The highest BCUT2D eigenvalue weighted by Gasteiger charge is 2.38. The molecule has 1 aromatic rings. The molecule has 2 atom stereocenters. The van der Waals surface area contributed by atoms with Gasteiger partial charge in [0.15, 0.2) is 5.79 Å². The Labute approximate surface area is 99.1 Å². The molecular formula is C11H12Cl2O2. The zero-order valence-electron chi connectivity index (χ0n) is 8.37. The average molecular weight is 247 g/mol. The molecule has 1 saturated heterocycles. The van der Waals surface area contributed by atoms with E-state index in [1.807, 2.05) is 31.2 Å². The molecular weight excluding hydrogens is 235 g/mol. The van der Waals surface area contributed by atoms with E-state index in [0.29, 0.717) is 17.5 Å². The molecule has 1 aromatic carbocycles. The fraction of sp³-hybridized carbons (Fsp3) is 0.455. The Morgan fingerprint density at radius 1 is 1.40 bits per heavy atom. The van der Waals surface area contributed by atoms with Crippen molar-refractivity contribution >= 4 is 23.2 Å². The Hall–Kier alpha value is -0.280. The summed E-state index contributed by atoms with van der Waals surface area (Å²) < 4.78 is 11.3. The van der Waals surface area contributed by atoms with Crippen LogP contribution in [0.2, 0.25) is 5.02 Å². The van der Waals surface area contributed by atoms with Gasteiger partial charge in [0.25, 0.3) is 0 Å². The first-order chi connectivity index (χ1) is 7.14. The standard InChI is InChI=1S/C11H12Cl2O2/c1-11(14-7-10(6-12)15-11)8-2-4-9(13)5-3-8/h2-5,10H,6-7H2,1H3/t10-,11+/m1/s1. The number of hydrogen-bond acceptors (Lipinski definition) is 2. The van der Waals surface area contributed by atoms with Crippen LogP contribution in [0.5, 0.6) is 0 Å². The number of benzene rings is 1. The van der Waals surface area contributed by atoms with Crippen molar-refractivity contribution in [3.8, 4) is 0 Å². The molecule has 2 nitrogen and oxygen atoms in total.